The van der Waals surface area contributed by atoms with Crippen molar-refractivity contribution in [3.63, 3.8) is 0 Å². The second-order valence-electron chi connectivity index (χ2n) is 7.03. The highest BCUT2D eigenvalue weighted by Crippen LogP contribution is 2.36. The molecule has 0 aliphatic heterocycles. The first-order valence-electron chi connectivity index (χ1n) is 9.22. The Morgan fingerprint density at radius 2 is 1.45 bits per heavy atom. The Morgan fingerprint density at radius 3 is 1.97 bits per heavy atom. The number of hydrogen-bond acceptors (Lipinski definition) is 2. The summed E-state index contributed by atoms with van der Waals surface area (Å²) in [5, 5.41) is 2.70. The summed E-state index contributed by atoms with van der Waals surface area (Å²) in [6, 6.07) is 6.04. The molecule has 1 atom stereocenters. The maximum Gasteiger partial charge on any atom is 0.433 e. The fraction of sp³-hybridized carbons (Fsp3) is 0.450. The van der Waals surface area contributed by atoms with E-state index in [9.17, 15) is 39.5 Å². The predicted octanol–water partition coefficient (Wildman–Crippen LogP) is 6.82. The van der Waals surface area contributed by atoms with Gasteiger partial charge in [-0.25, -0.2) is 4.98 Å². The van der Waals surface area contributed by atoms with Gasteiger partial charge < -0.3 is 5.32 Å². The van der Waals surface area contributed by atoms with Crippen LogP contribution >= 0.6 is 0 Å². The van der Waals surface area contributed by atoms with Gasteiger partial charge in [0.1, 0.15) is 5.69 Å². The minimum Gasteiger partial charge on any atom is -0.316 e. The largest absolute Gasteiger partial charge is 0.433 e. The summed E-state index contributed by atoms with van der Waals surface area (Å²) in [5.74, 6) is -0.711. The Morgan fingerprint density at radius 1 is 0.839 bits per heavy atom. The number of aromatic nitrogens is 1. The Bertz CT molecular complexity index is 853. The van der Waals surface area contributed by atoms with Gasteiger partial charge in [-0.3, -0.25) is 0 Å². The topological polar surface area (TPSA) is 24.9 Å². The summed E-state index contributed by atoms with van der Waals surface area (Å²) >= 11 is 0. The van der Waals surface area contributed by atoms with Crippen molar-refractivity contribution < 1.29 is 39.5 Å². The first kappa shape index (κ1) is 25.0. The van der Waals surface area contributed by atoms with Gasteiger partial charge in [0.05, 0.1) is 11.3 Å². The molecule has 31 heavy (non-hydrogen) atoms. The van der Waals surface area contributed by atoms with Crippen molar-refractivity contribution in [3.05, 3.63) is 53.2 Å². The summed E-state index contributed by atoms with van der Waals surface area (Å²) < 4.78 is 115. The van der Waals surface area contributed by atoms with Crippen molar-refractivity contribution in [1.82, 2.24) is 10.3 Å². The lowest BCUT2D eigenvalue weighted by Gasteiger charge is -2.19. The van der Waals surface area contributed by atoms with Crippen LogP contribution in [-0.2, 0) is 12.4 Å². The summed E-state index contributed by atoms with van der Waals surface area (Å²) in [6.07, 6.45) is -14.9. The zero-order chi connectivity index (χ0) is 23.4. The molecule has 0 aliphatic rings. The van der Waals surface area contributed by atoms with Crippen LogP contribution in [0.5, 0.6) is 0 Å². The number of pyridine rings is 1. The van der Waals surface area contributed by atoms with Crippen LogP contribution < -0.4 is 5.32 Å². The van der Waals surface area contributed by atoms with Crippen molar-refractivity contribution in [2.75, 3.05) is 13.1 Å². The third-order valence-corrected chi connectivity index (χ3v) is 4.50. The van der Waals surface area contributed by atoms with E-state index < -0.39 is 42.1 Å². The monoisotopic (exact) mass is 458 g/mol. The van der Waals surface area contributed by atoms with Gasteiger partial charge in [0.2, 0.25) is 0 Å². The Balaban J connectivity index is 2.18. The molecule has 2 nitrogen and oxygen atoms in total. The Hall–Kier alpha value is -2.30. The fourth-order valence-corrected chi connectivity index (χ4v) is 2.93. The minimum absolute atomic E-state index is 0.00223. The summed E-state index contributed by atoms with van der Waals surface area (Å²) in [4.78, 5) is 3.62. The molecule has 0 radical (unpaired) electrons. The molecule has 0 spiro atoms. The van der Waals surface area contributed by atoms with Crippen molar-refractivity contribution in [2.24, 2.45) is 0 Å². The molecule has 0 amide bonds. The molecule has 1 unspecified atom stereocenters. The van der Waals surface area contributed by atoms with E-state index in [1.165, 1.54) is 19.1 Å². The van der Waals surface area contributed by atoms with E-state index in [0.29, 0.717) is 0 Å². The molecule has 1 N–H and O–H groups in total. The average Bonchev–Trinajstić information content (AvgIpc) is 2.65. The number of halogens is 9. The Kier molecular flexibility index (Phi) is 7.61. The van der Waals surface area contributed by atoms with Crippen LogP contribution in [0.15, 0.2) is 36.4 Å². The maximum absolute atomic E-state index is 13.5. The molecular formula is C20H19F9N2. The lowest BCUT2D eigenvalue weighted by molar-refractivity contribution is -0.142. The molecule has 2 aromatic rings. The molecule has 172 valence electrons. The predicted molar refractivity (Wildman–Crippen MR) is 96.3 cm³/mol. The highest BCUT2D eigenvalue weighted by molar-refractivity contribution is 5.60. The molecule has 0 saturated carbocycles. The summed E-state index contributed by atoms with van der Waals surface area (Å²) in [6.45, 7) is 1.46. The standard InChI is InChI=1S/C20H19F9N2/c1-12(11-30-10-2-9-18(21,22)23)15-7-8-16(31-17(15)20(27,28)29)13-3-5-14(6-4-13)19(24,25)26/h3-8,12,30H,2,9-11H2,1H3. The second kappa shape index (κ2) is 9.46. The molecule has 0 fully saturated rings. The van der Waals surface area contributed by atoms with E-state index in [2.05, 4.69) is 10.3 Å². The van der Waals surface area contributed by atoms with Gasteiger partial charge in [-0.1, -0.05) is 25.1 Å². The van der Waals surface area contributed by atoms with Crippen LogP contribution in [0.1, 0.15) is 42.5 Å². The highest BCUT2D eigenvalue weighted by Gasteiger charge is 2.37. The SMILES string of the molecule is CC(CNCCCC(F)(F)F)c1ccc(-c2ccc(C(F)(F)F)cc2)nc1C(F)(F)F. The number of hydrogen-bond donors (Lipinski definition) is 1. The van der Waals surface area contributed by atoms with E-state index >= 15 is 0 Å². The molecule has 0 aliphatic carbocycles. The zero-order valence-electron chi connectivity index (χ0n) is 16.2. The molecule has 1 heterocycles. The summed E-state index contributed by atoms with van der Waals surface area (Å²) in [5.41, 5.74) is -2.34. The van der Waals surface area contributed by atoms with Gasteiger partial charge in [0.15, 0.2) is 0 Å². The van der Waals surface area contributed by atoms with Gasteiger partial charge in [-0.15, -0.1) is 0 Å². The van der Waals surface area contributed by atoms with Crippen LogP contribution in [-0.4, -0.2) is 24.2 Å². The third-order valence-electron chi connectivity index (χ3n) is 4.50. The molecule has 0 saturated heterocycles. The van der Waals surface area contributed by atoms with E-state index in [1.54, 1.807) is 0 Å². The fourth-order valence-electron chi connectivity index (χ4n) is 2.93. The van der Waals surface area contributed by atoms with Crippen LogP contribution in [0.3, 0.4) is 0 Å². The van der Waals surface area contributed by atoms with Gasteiger partial charge >= 0.3 is 18.5 Å². The first-order chi connectivity index (χ1) is 14.2. The van der Waals surface area contributed by atoms with Crippen LogP contribution in [0.25, 0.3) is 11.3 Å². The van der Waals surface area contributed by atoms with E-state index in [4.69, 9.17) is 0 Å². The normalized spacial score (nSPS) is 14.0. The second-order valence-corrected chi connectivity index (χ2v) is 7.03. The lowest BCUT2D eigenvalue weighted by atomic mass is 9.97. The smallest absolute Gasteiger partial charge is 0.316 e. The molecule has 2 rings (SSSR count). The van der Waals surface area contributed by atoms with E-state index in [0.717, 1.165) is 24.3 Å². The van der Waals surface area contributed by atoms with Gasteiger partial charge in [-0.2, -0.15) is 39.5 Å². The number of nitrogens with zero attached hydrogens (tertiary/aromatic N) is 1. The van der Waals surface area contributed by atoms with Crippen molar-refractivity contribution in [3.8, 4) is 11.3 Å². The minimum atomic E-state index is -4.82. The number of rotatable bonds is 7. The van der Waals surface area contributed by atoms with Gasteiger partial charge in [0.25, 0.3) is 0 Å². The lowest BCUT2D eigenvalue weighted by Crippen LogP contribution is -2.24. The molecule has 0 bridgehead atoms. The molecular weight excluding hydrogens is 439 g/mol. The third kappa shape index (κ3) is 7.41. The van der Waals surface area contributed by atoms with Crippen molar-refractivity contribution in [1.29, 1.82) is 0 Å². The van der Waals surface area contributed by atoms with Gasteiger partial charge in [-0.05, 0) is 42.6 Å². The molecule has 1 aromatic carbocycles. The molecule has 1 aromatic heterocycles. The number of nitrogens with one attached hydrogen (secondary N) is 1. The van der Waals surface area contributed by atoms with Crippen LogP contribution in [0, 0.1) is 0 Å². The number of alkyl halides is 9. The quantitative estimate of drug-likeness (QED) is 0.364. The maximum atomic E-state index is 13.5. The highest BCUT2D eigenvalue weighted by atomic mass is 19.4. The number of benzene rings is 1. The summed E-state index contributed by atoms with van der Waals surface area (Å²) in [7, 11) is 0. The average molecular weight is 458 g/mol. The van der Waals surface area contributed by atoms with Crippen molar-refractivity contribution >= 4 is 0 Å². The van der Waals surface area contributed by atoms with E-state index in [1.807, 2.05) is 0 Å². The van der Waals surface area contributed by atoms with E-state index in [-0.39, 0.29) is 36.3 Å². The van der Waals surface area contributed by atoms with Crippen molar-refractivity contribution in [2.45, 2.75) is 44.2 Å². The van der Waals surface area contributed by atoms with Gasteiger partial charge in [0, 0.05) is 18.5 Å². The molecule has 11 heteroatoms. The zero-order valence-corrected chi connectivity index (χ0v) is 16.2. The van der Waals surface area contributed by atoms with Crippen LogP contribution in [0.2, 0.25) is 0 Å². The Labute approximate surface area is 172 Å². The van der Waals surface area contributed by atoms with Crippen LogP contribution in [0.4, 0.5) is 39.5 Å². The first-order valence-corrected chi connectivity index (χ1v) is 9.22.